The Morgan fingerprint density at radius 2 is 2.00 bits per heavy atom. The first-order valence-corrected chi connectivity index (χ1v) is 4.81. The van der Waals surface area contributed by atoms with E-state index >= 15 is 0 Å². The van der Waals surface area contributed by atoms with Gasteiger partial charge in [-0.05, 0) is 13.5 Å². The van der Waals surface area contributed by atoms with Gasteiger partial charge in [0.25, 0.3) is 10.1 Å². The van der Waals surface area contributed by atoms with Gasteiger partial charge in [-0.15, -0.1) is 0 Å². The van der Waals surface area contributed by atoms with Crippen LogP contribution in [0.15, 0.2) is 0 Å². The van der Waals surface area contributed by atoms with Crippen LogP contribution in [0.2, 0.25) is 0 Å². The van der Waals surface area contributed by atoms with Gasteiger partial charge in [-0.1, -0.05) is 0 Å². The molecule has 0 amide bonds. The molecule has 11 heavy (non-hydrogen) atoms. The maximum Gasteiger partial charge on any atom is 0.264 e. The molecule has 0 rings (SSSR count). The summed E-state index contributed by atoms with van der Waals surface area (Å²) in [6, 6.07) is 0. The van der Waals surface area contributed by atoms with Gasteiger partial charge in [0.05, 0.1) is 12.5 Å². The Balaban J connectivity index is 3.43. The Hall–Kier alpha value is -0.170. The zero-order valence-electron chi connectivity index (χ0n) is 6.39. The van der Waals surface area contributed by atoms with Crippen molar-refractivity contribution in [2.45, 2.75) is 6.42 Å². The van der Waals surface area contributed by atoms with E-state index < -0.39 is 10.1 Å². The number of aliphatic hydroxyl groups excluding tert-OH is 1. The summed E-state index contributed by atoms with van der Waals surface area (Å²) in [5.74, 6) is -0.253. The fourth-order valence-electron chi connectivity index (χ4n) is 0.588. The minimum Gasteiger partial charge on any atom is -0.381 e. The third-order valence-corrected chi connectivity index (χ3v) is 1.99. The molecule has 5 nitrogen and oxygen atoms in total. The second kappa shape index (κ2) is 4.66. The molecule has 0 atom stereocenters. The highest BCUT2D eigenvalue weighted by Crippen LogP contribution is 1.90. The molecule has 0 saturated heterocycles. The third kappa shape index (κ3) is 7.73. The van der Waals surface area contributed by atoms with E-state index in [1.54, 1.807) is 11.9 Å². The number of rotatable bonds is 5. The van der Waals surface area contributed by atoms with E-state index in [0.29, 0.717) is 13.0 Å². The Morgan fingerprint density at radius 1 is 1.45 bits per heavy atom. The Labute approximate surface area is 66.4 Å². The van der Waals surface area contributed by atoms with Crippen LogP contribution in [0.1, 0.15) is 6.42 Å². The summed E-state index contributed by atoms with van der Waals surface area (Å²) in [6.07, 6.45) is 0.329. The Kier molecular flexibility index (Phi) is 4.58. The van der Waals surface area contributed by atoms with Gasteiger partial charge in [-0.2, -0.15) is 8.42 Å². The molecule has 0 radical (unpaired) electrons. The van der Waals surface area contributed by atoms with Crippen LogP contribution in [0, 0.1) is 0 Å². The molecular weight excluding hydrogens is 170 g/mol. The predicted molar refractivity (Wildman–Crippen MR) is 40.7 cm³/mol. The second-order valence-electron chi connectivity index (χ2n) is 2.36. The summed E-state index contributed by atoms with van der Waals surface area (Å²) >= 11 is 0. The molecule has 0 aromatic heterocycles. The van der Waals surface area contributed by atoms with Crippen molar-refractivity contribution >= 4 is 10.1 Å². The number of hydrogen-bond acceptors (Lipinski definition) is 4. The molecule has 0 aromatic carbocycles. The lowest BCUT2D eigenvalue weighted by Crippen LogP contribution is -2.22. The van der Waals surface area contributed by atoms with Crippen LogP contribution >= 0.6 is 0 Å². The molecule has 2 N–H and O–H groups in total. The number of aliphatic hydroxyl groups is 1. The van der Waals surface area contributed by atoms with Crippen molar-refractivity contribution in [3.05, 3.63) is 0 Å². The summed E-state index contributed by atoms with van der Waals surface area (Å²) in [5, 5.41) is 8.48. The van der Waals surface area contributed by atoms with Gasteiger partial charge in [-0.25, -0.2) is 0 Å². The van der Waals surface area contributed by atoms with Gasteiger partial charge in [0, 0.05) is 6.54 Å². The molecule has 0 bridgehead atoms. The first-order valence-electron chi connectivity index (χ1n) is 3.20. The van der Waals surface area contributed by atoms with E-state index in [1.807, 2.05) is 0 Å². The van der Waals surface area contributed by atoms with E-state index in [4.69, 9.17) is 9.66 Å². The summed E-state index contributed by atoms with van der Waals surface area (Å²) in [6.45, 7) is 0.349. The van der Waals surface area contributed by atoms with Crippen molar-refractivity contribution in [1.29, 1.82) is 0 Å². The number of hydrogen-bond donors (Lipinski definition) is 2. The second-order valence-corrected chi connectivity index (χ2v) is 3.93. The normalized spacial score (nSPS) is 12.4. The van der Waals surface area contributed by atoms with Gasteiger partial charge in [0.1, 0.15) is 0 Å². The zero-order valence-corrected chi connectivity index (χ0v) is 7.21. The van der Waals surface area contributed by atoms with Gasteiger partial charge < -0.3 is 5.11 Å². The molecule has 0 heterocycles. The fraction of sp³-hybridized carbons (Fsp3) is 1.00. The molecule has 0 spiro atoms. The quantitative estimate of drug-likeness (QED) is 0.428. The van der Waals surface area contributed by atoms with E-state index in [1.165, 1.54) is 0 Å². The van der Waals surface area contributed by atoms with Crippen molar-refractivity contribution in [3.8, 4) is 0 Å². The third-order valence-electron chi connectivity index (χ3n) is 1.18. The summed E-state index contributed by atoms with van der Waals surface area (Å²) in [7, 11) is -2.18. The molecular formula is C5H13NO4S. The van der Waals surface area contributed by atoms with Gasteiger partial charge in [0.15, 0.2) is 0 Å². The Morgan fingerprint density at radius 3 is 2.36 bits per heavy atom. The van der Waals surface area contributed by atoms with Crippen LogP contribution in [0.4, 0.5) is 0 Å². The van der Waals surface area contributed by atoms with E-state index in [0.717, 1.165) is 0 Å². The monoisotopic (exact) mass is 183 g/mol. The van der Waals surface area contributed by atoms with Crippen molar-refractivity contribution in [3.63, 3.8) is 0 Å². The highest BCUT2D eigenvalue weighted by Gasteiger charge is 2.04. The van der Waals surface area contributed by atoms with Crippen molar-refractivity contribution < 1.29 is 18.1 Å². The average Bonchev–Trinajstić information content (AvgIpc) is 1.85. The summed E-state index contributed by atoms with van der Waals surface area (Å²) in [4.78, 5) is 1.55. The Bertz CT molecular complexity index is 189. The summed E-state index contributed by atoms with van der Waals surface area (Å²) in [5.41, 5.74) is 0. The first kappa shape index (κ1) is 10.8. The molecule has 68 valence electrons. The van der Waals surface area contributed by atoms with Crippen LogP contribution in [0.3, 0.4) is 0 Å². The maximum atomic E-state index is 10.2. The van der Waals surface area contributed by atoms with Crippen LogP contribution in [-0.4, -0.2) is 49.1 Å². The predicted octanol–water partition coefficient (Wildman–Crippen LogP) is -0.854. The van der Waals surface area contributed by atoms with Crippen LogP contribution in [0.5, 0.6) is 0 Å². The van der Waals surface area contributed by atoms with Crippen molar-refractivity contribution in [2.24, 2.45) is 0 Å². The molecule has 0 aliphatic heterocycles. The van der Waals surface area contributed by atoms with Gasteiger partial charge >= 0.3 is 0 Å². The molecule has 0 unspecified atom stereocenters. The molecule has 0 aliphatic rings. The highest BCUT2D eigenvalue weighted by molar-refractivity contribution is 7.85. The summed E-state index contributed by atoms with van der Waals surface area (Å²) < 4.78 is 28.6. The molecule has 6 heteroatoms. The van der Waals surface area contributed by atoms with Crippen LogP contribution < -0.4 is 0 Å². The fourth-order valence-corrected chi connectivity index (χ4v) is 1.08. The van der Waals surface area contributed by atoms with Gasteiger partial charge in [-0.3, -0.25) is 9.45 Å². The SMILES string of the molecule is CN(CO)CCCS(=O)(=O)O. The maximum absolute atomic E-state index is 10.2. The zero-order chi connectivity index (χ0) is 8.91. The van der Waals surface area contributed by atoms with Crippen LogP contribution in [-0.2, 0) is 10.1 Å². The topological polar surface area (TPSA) is 77.8 Å². The molecule has 0 aromatic rings. The standard InChI is InChI=1S/C5H13NO4S/c1-6(5-7)3-2-4-11(8,9)10/h7H,2-5H2,1H3,(H,8,9,10). The highest BCUT2D eigenvalue weighted by atomic mass is 32.2. The lowest BCUT2D eigenvalue weighted by molar-refractivity contribution is 0.133. The van der Waals surface area contributed by atoms with Crippen LogP contribution in [0.25, 0.3) is 0 Å². The molecule has 0 aliphatic carbocycles. The lowest BCUT2D eigenvalue weighted by atomic mass is 10.4. The molecule has 0 fully saturated rings. The van der Waals surface area contributed by atoms with Crippen molar-refractivity contribution in [1.82, 2.24) is 4.90 Å². The van der Waals surface area contributed by atoms with E-state index in [9.17, 15) is 8.42 Å². The molecule has 0 saturated carbocycles. The first-order chi connectivity index (χ1) is 4.95. The van der Waals surface area contributed by atoms with E-state index in [2.05, 4.69) is 0 Å². The lowest BCUT2D eigenvalue weighted by Gasteiger charge is -2.10. The van der Waals surface area contributed by atoms with Gasteiger partial charge in [0.2, 0.25) is 0 Å². The minimum atomic E-state index is -3.84. The van der Waals surface area contributed by atoms with E-state index in [-0.39, 0.29) is 12.5 Å². The smallest absolute Gasteiger partial charge is 0.264 e. The van der Waals surface area contributed by atoms with Crippen molar-refractivity contribution in [2.75, 3.05) is 26.1 Å². The minimum absolute atomic E-state index is 0.106. The number of nitrogens with zero attached hydrogens (tertiary/aromatic N) is 1. The largest absolute Gasteiger partial charge is 0.381 e. The average molecular weight is 183 g/mol.